The summed E-state index contributed by atoms with van der Waals surface area (Å²) in [4.78, 5) is 4.18. The number of hydrogen-bond donors (Lipinski definition) is 0. The molecule has 1 aromatic heterocycles. The molecule has 1 aliphatic carbocycles. The summed E-state index contributed by atoms with van der Waals surface area (Å²) in [7, 11) is 0. The van der Waals surface area contributed by atoms with Crippen LogP contribution in [0.15, 0.2) is 31.0 Å². The topological polar surface area (TPSA) is 12.9 Å². The van der Waals surface area contributed by atoms with Crippen LogP contribution in [-0.2, 0) is 0 Å². The second-order valence-corrected chi connectivity index (χ2v) is 2.30. The van der Waals surface area contributed by atoms with Gasteiger partial charge in [0.2, 0.25) is 0 Å². The normalized spacial score (nSPS) is 13.8. The van der Waals surface area contributed by atoms with E-state index >= 15 is 0 Å². The largest absolute Gasteiger partial charge is 0.256 e. The molecule has 1 heterocycles. The van der Waals surface area contributed by atoms with Gasteiger partial charge in [0.25, 0.3) is 0 Å². The molecule has 10 heavy (non-hydrogen) atoms. The Morgan fingerprint density at radius 2 is 2.30 bits per heavy atom. The highest BCUT2D eigenvalue weighted by atomic mass is 14.7. The van der Waals surface area contributed by atoms with E-state index in [0.29, 0.717) is 0 Å². The van der Waals surface area contributed by atoms with Crippen LogP contribution in [0.4, 0.5) is 0 Å². The van der Waals surface area contributed by atoms with Gasteiger partial charge in [0, 0.05) is 13.2 Å². The third kappa shape index (κ3) is 0.605. The average molecular weight is 131 g/mol. The molecule has 1 nitrogen and oxygen atoms in total. The molecule has 50 valence electrons. The molecule has 0 spiro atoms. The number of pyridine rings is 1. The van der Waals surface area contributed by atoms with Crippen LogP contribution in [0.25, 0.3) is 11.6 Å². The Labute approximate surface area is 61.2 Å². The number of fused-ring (bicyclic) bond motifs is 1. The maximum absolute atomic E-state index is 4.18. The third-order valence-corrected chi connectivity index (χ3v) is 1.61. The van der Waals surface area contributed by atoms with Crippen LogP contribution in [0.2, 0.25) is 0 Å². The fourth-order valence-corrected chi connectivity index (χ4v) is 1.09. The number of allylic oxidation sites excluding steroid dienone is 2. The van der Waals surface area contributed by atoms with Crippen LogP contribution in [0.5, 0.6) is 0 Å². The Morgan fingerprint density at radius 3 is 3.10 bits per heavy atom. The zero-order chi connectivity index (χ0) is 6.97. The first-order valence-electron chi connectivity index (χ1n) is 3.20. The molecule has 0 unspecified atom stereocenters. The third-order valence-electron chi connectivity index (χ3n) is 1.61. The lowest BCUT2D eigenvalue weighted by molar-refractivity contribution is 1.28. The van der Waals surface area contributed by atoms with Crippen LogP contribution in [0.1, 0.15) is 12.7 Å². The summed E-state index contributed by atoms with van der Waals surface area (Å²) in [6.45, 7) is 3.85. The van der Waals surface area contributed by atoms with Crippen molar-refractivity contribution in [2.75, 3.05) is 0 Å². The maximum Gasteiger partial charge on any atom is 0.0768 e. The summed E-state index contributed by atoms with van der Waals surface area (Å²) >= 11 is 0. The maximum atomic E-state index is 4.18. The van der Waals surface area contributed by atoms with Gasteiger partial charge in [-0.1, -0.05) is 24.8 Å². The molecule has 0 saturated heterocycles. The minimum absolute atomic E-state index is 0. The molecule has 0 bridgehead atoms. The Bertz CT molecular complexity index is 315. The van der Waals surface area contributed by atoms with Crippen molar-refractivity contribution in [1.82, 2.24) is 4.98 Å². The van der Waals surface area contributed by atoms with E-state index in [1.54, 1.807) is 6.20 Å². The molecule has 0 aliphatic heterocycles. The van der Waals surface area contributed by atoms with E-state index in [2.05, 4.69) is 11.6 Å². The molecule has 0 aromatic carbocycles. The van der Waals surface area contributed by atoms with Gasteiger partial charge in [0.1, 0.15) is 0 Å². The highest BCUT2D eigenvalue weighted by Gasteiger charge is 2.07. The highest BCUT2D eigenvalue weighted by Crippen LogP contribution is 2.24. The molecule has 0 fully saturated rings. The van der Waals surface area contributed by atoms with E-state index < -0.39 is 0 Å². The summed E-state index contributed by atoms with van der Waals surface area (Å²) in [5.41, 5.74) is 3.20. The summed E-state index contributed by atoms with van der Waals surface area (Å²) < 4.78 is 0. The van der Waals surface area contributed by atoms with Gasteiger partial charge in [-0.25, -0.2) is 0 Å². The van der Waals surface area contributed by atoms with E-state index in [1.807, 2.05) is 24.3 Å². The first kappa shape index (κ1) is 5.42. The molecule has 0 N–H and O–H groups in total. The molecular formula is C9H9N. The Morgan fingerprint density at radius 1 is 1.40 bits per heavy atom. The zero-order valence-corrected chi connectivity index (χ0v) is 5.54. The van der Waals surface area contributed by atoms with E-state index in [4.69, 9.17) is 0 Å². The number of hydrogen-bond acceptors (Lipinski definition) is 1. The van der Waals surface area contributed by atoms with Crippen molar-refractivity contribution in [3.8, 4) is 0 Å². The molecule has 1 aliphatic rings. The van der Waals surface area contributed by atoms with Gasteiger partial charge in [-0.3, -0.25) is 4.98 Å². The van der Waals surface area contributed by atoms with Gasteiger partial charge >= 0.3 is 0 Å². The quantitative estimate of drug-likeness (QED) is 0.526. The first-order valence-corrected chi connectivity index (χ1v) is 3.20. The van der Waals surface area contributed by atoms with Gasteiger partial charge in [-0.15, -0.1) is 0 Å². The molecule has 2 rings (SSSR count). The van der Waals surface area contributed by atoms with Crippen LogP contribution >= 0.6 is 0 Å². The molecule has 0 radical (unpaired) electrons. The molecular weight excluding hydrogens is 122 g/mol. The van der Waals surface area contributed by atoms with E-state index in [0.717, 1.165) is 11.3 Å². The van der Waals surface area contributed by atoms with Crippen LogP contribution in [-0.4, -0.2) is 4.98 Å². The van der Waals surface area contributed by atoms with Gasteiger partial charge in [0.05, 0.1) is 5.69 Å². The van der Waals surface area contributed by atoms with Crippen molar-refractivity contribution in [2.45, 2.75) is 0 Å². The van der Waals surface area contributed by atoms with Crippen molar-refractivity contribution >= 4 is 11.6 Å². The summed E-state index contributed by atoms with van der Waals surface area (Å²) in [6, 6.07) is 3.97. The van der Waals surface area contributed by atoms with Crippen molar-refractivity contribution in [1.29, 1.82) is 0 Å². The molecule has 1 aromatic rings. The van der Waals surface area contributed by atoms with Crippen LogP contribution in [0.3, 0.4) is 0 Å². The second kappa shape index (κ2) is 1.81. The summed E-state index contributed by atoms with van der Waals surface area (Å²) in [5.74, 6) is 0. The fourth-order valence-electron chi connectivity index (χ4n) is 1.09. The first-order chi connectivity index (χ1) is 4.88. The summed E-state index contributed by atoms with van der Waals surface area (Å²) in [6.07, 6.45) is 5.80. The molecule has 0 saturated carbocycles. The molecule has 1 heteroatoms. The minimum atomic E-state index is 0. The van der Waals surface area contributed by atoms with Crippen molar-refractivity contribution in [3.63, 3.8) is 0 Å². The minimum Gasteiger partial charge on any atom is -0.256 e. The fraction of sp³-hybridized carbons (Fsp3) is 0. The van der Waals surface area contributed by atoms with Crippen LogP contribution in [0, 0.1) is 0 Å². The predicted molar refractivity (Wildman–Crippen MR) is 44.4 cm³/mol. The highest BCUT2D eigenvalue weighted by molar-refractivity contribution is 5.86. The van der Waals surface area contributed by atoms with Gasteiger partial charge < -0.3 is 0 Å². The molecule has 0 atom stereocenters. The van der Waals surface area contributed by atoms with Gasteiger partial charge in [-0.2, -0.15) is 0 Å². The van der Waals surface area contributed by atoms with Crippen molar-refractivity contribution < 1.29 is 1.43 Å². The standard InChI is InChI=1S/C9H7N.H2/c1-7-4-5-8-3-2-6-10-9(7)8;/h2-6H,1H2;1H. The van der Waals surface area contributed by atoms with Gasteiger partial charge in [-0.05, 0) is 11.6 Å². The molecule has 0 amide bonds. The van der Waals surface area contributed by atoms with Crippen molar-refractivity contribution in [2.24, 2.45) is 0 Å². The number of aromatic nitrogens is 1. The SMILES string of the molecule is C=C1C=Cc2cccnc21.[HH]. The number of nitrogens with zero attached hydrogens (tertiary/aromatic N) is 1. The lowest BCUT2D eigenvalue weighted by atomic mass is 10.2. The Kier molecular flexibility index (Phi) is 0.978. The van der Waals surface area contributed by atoms with E-state index in [9.17, 15) is 0 Å². The summed E-state index contributed by atoms with van der Waals surface area (Å²) in [5, 5.41) is 0. The zero-order valence-electron chi connectivity index (χ0n) is 5.54. The Balaban J connectivity index is 0.000000605. The smallest absolute Gasteiger partial charge is 0.0768 e. The average Bonchev–Trinajstić information content (AvgIpc) is 2.34. The Hall–Kier alpha value is -1.37. The van der Waals surface area contributed by atoms with Crippen molar-refractivity contribution in [3.05, 3.63) is 42.2 Å². The second-order valence-electron chi connectivity index (χ2n) is 2.30. The van der Waals surface area contributed by atoms with E-state index in [1.165, 1.54) is 5.56 Å². The van der Waals surface area contributed by atoms with Gasteiger partial charge in [0.15, 0.2) is 0 Å². The van der Waals surface area contributed by atoms with Crippen LogP contribution < -0.4 is 0 Å². The lowest BCUT2D eigenvalue weighted by Gasteiger charge is -1.94. The predicted octanol–water partition coefficient (Wildman–Crippen LogP) is 2.37. The van der Waals surface area contributed by atoms with E-state index in [-0.39, 0.29) is 1.43 Å². The number of rotatable bonds is 0. The monoisotopic (exact) mass is 131 g/mol. The lowest BCUT2D eigenvalue weighted by Crippen LogP contribution is -1.82.